The van der Waals surface area contributed by atoms with Crippen LogP contribution in [0.25, 0.3) is 0 Å². The molecule has 2 aliphatic heterocycles. The quantitative estimate of drug-likeness (QED) is 0.684. The maximum absolute atomic E-state index is 13.4. The van der Waals surface area contributed by atoms with Crippen LogP contribution in [0.5, 0.6) is 0 Å². The van der Waals surface area contributed by atoms with Gasteiger partial charge in [0.2, 0.25) is 20.0 Å². The van der Waals surface area contributed by atoms with Crippen LogP contribution in [0, 0.1) is 0 Å². The average molecular weight is 479 g/mol. The smallest absolute Gasteiger partial charge is 0.260 e. The highest BCUT2D eigenvalue weighted by Gasteiger charge is 2.31. The number of hydrogen-bond acceptors (Lipinski definition) is 6. The van der Waals surface area contributed by atoms with Crippen molar-refractivity contribution in [2.24, 2.45) is 0 Å². The van der Waals surface area contributed by atoms with E-state index in [0.29, 0.717) is 50.5 Å². The third-order valence-corrected chi connectivity index (χ3v) is 8.96. The Morgan fingerprint density at radius 3 is 2.38 bits per heavy atom. The molecule has 0 bridgehead atoms. The number of amides is 1. The van der Waals surface area contributed by atoms with Crippen LogP contribution in [0.2, 0.25) is 0 Å². The summed E-state index contributed by atoms with van der Waals surface area (Å²) in [5, 5.41) is 3.14. The fraction of sp³-hybridized carbons (Fsp3) is 0.381. The van der Waals surface area contributed by atoms with Gasteiger partial charge in [0.05, 0.1) is 22.4 Å². The number of para-hydroxylation sites is 1. The average Bonchev–Trinajstić information content (AvgIpc) is 3.21. The van der Waals surface area contributed by atoms with Crippen LogP contribution >= 0.6 is 0 Å². The molecule has 0 radical (unpaired) electrons. The van der Waals surface area contributed by atoms with Gasteiger partial charge in [-0.15, -0.1) is 0 Å². The zero-order valence-electron chi connectivity index (χ0n) is 18.0. The zero-order valence-corrected chi connectivity index (χ0v) is 19.6. The Morgan fingerprint density at radius 2 is 1.69 bits per heavy atom. The molecule has 172 valence electrons. The number of fused-ring (bicyclic) bond motifs is 1. The summed E-state index contributed by atoms with van der Waals surface area (Å²) in [6, 6.07) is 11.4. The summed E-state index contributed by atoms with van der Waals surface area (Å²) in [4.78, 5) is 15.2. The van der Waals surface area contributed by atoms with E-state index in [1.165, 1.54) is 17.4 Å². The van der Waals surface area contributed by atoms with Crippen molar-refractivity contribution in [1.29, 1.82) is 0 Å². The van der Waals surface area contributed by atoms with Gasteiger partial charge in [0.25, 0.3) is 5.91 Å². The Hall–Kier alpha value is -2.47. The molecule has 2 aromatic carbocycles. The second-order valence-electron chi connectivity index (χ2n) is 7.90. The standard InChI is InChI=1S/C21H26N4O5S2/c1-23(31(2,27)28)20-6-4-3-5-18(20)21(26)25-12-9-16-15-17(7-8-19(16)25)32(29,30)24-13-10-22-11-14-24/h3-8,15,22H,9-14H2,1-2H3. The molecule has 1 N–H and O–H groups in total. The molecular weight excluding hydrogens is 452 g/mol. The lowest BCUT2D eigenvalue weighted by Gasteiger charge is -2.27. The second kappa shape index (κ2) is 8.47. The van der Waals surface area contributed by atoms with Crippen LogP contribution in [-0.2, 0) is 26.5 Å². The van der Waals surface area contributed by atoms with Crippen LogP contribution < -0.4 is 14.5 Å². The van der Waals surface area contributed by atoms with Crippen molar-refractivity contribution in [2.45, 2.75) is 11.3 Å². The van der Waals surface area contributed by atoms with Gasteiger partial charge in [0, 0.05) is 45.5 Å². The monoisotopic (exact) mass is 478 g/mol. The summed E-state index contributed by atoms with van der Waals surface area (Å²) >= 11 is 0. The Kier molecular flexibility index (Phi) is 6.01. The van der Waals surface area contributed by atoms with Gasteiger partial charge < -0.3 is 10.2 Å². The Labute approximate surface area is 188 Å². The molecule has 0 aromatic heterocycles. The number of nitrogens with zero attached hydrogens (tertiary/aromatic N) is 3. The first-order chi connectivity index (χ1) is 15.1. The third-order valence-electron chi connectivity index (χ3n) is 5.88. The van der Waals surface area contributed by atoms with E-state index in [0.717, 1.165) is 16.1 Å². The number of carbonyl (C=O) groups excluding carboxylic acids is 1. The molecule has 32 heavy (non-hydrogen) atoms. The van der Waals surface area contributed by atoms with E-state index in [1.54, 1.807) is 41.3 Å². The van der Waals surface area contributed by atoms with Gasteiger partial charge >= 0.3 is 0 Å². The van der Waals surface area contributed by atoms with Gasteiger partial charge in [-0.3, -0.25) is 9.10 Å². The maximum atomic E-state index is 13.4. The molecule has 0 saturated carbocycles. The molecule has 9 nitrogen and oxygen atoms in total. The highest BCUT2D eigenvalue weighted by Crippen LogP contribution is 2.34. The number of piperazine rings is 1. The first-order valence-electron chi connectivity index (χ1n) is 10.3. The molecule has 1 saturated heterocycles. The van der Waals surface area contributed by atoms with Gasteiger partial charge in [-0.1, -0.05) is 12.1 Å². The Balaban J connectivity index is 1.65. The van der Waals surface area contributed by atoms with Crippen molar-refractivity contribution in [3.63, 3.8) is 0 Å². The minimum atomic E-state index is -3.59. The summed E-state index contributed by atoms with van der Waals surface area (Å²) in [7, 11) is -5.72. The second-order valence-corrected chi connectivity index (χ2v) is 11.9. The molecule has 2 aromatic rings. The molecule has 2 heterocycles. The van der Waals surface area contributed by atoms with Crippen LogP contribution in [-0.4, -0.2) is 73.1 Å². The van der Waals surface area contributed by atoms with Crippen molar-refractivity contribution in [2.75, 3.05) is 55.2 Å². The van der Waals surface area contributed by atoms with E-state index >= 15 is 0 Å². The lowest BCUT2D eigenvalue weighted by Crippen LogP contribution is -2.46. The number of benzene rings is 2. The van der Waals surface area contributed by atoms with Crippen molar-refractivity contribution >= 4 is 37.3 Å². The normalized spacial score (nSPS) is 17.2. The van der Waals surface area contributed by atoms with E-state index in [1.807, 2.05) is 0 Å². The minimum Gasteiger partial charge on any atom is -0.314 e. The van der Waals surface area contributed by atoms with Crippen molar-refractivity contribution in [1.82, 2.24) is 9.62 Å². The van der Waals surface area contributed by atoms with E-state index in [2.05, 4.69) is 5.32 Å². The highest BCUT2D eigenvalue weighted by molar-refractivity contribution is 7.92. The molecule has 0 atom stereocenters. The van der Waals surface area contributed by atoms with Crippen molar-refractivity contribution < 1.29 is 21.6 Å². The predicted octanol–water partition coefficient (Wildman–Crippen LogP) is 0.879. The number of rotatable bonds is 5. The van der Waals surface area contributed by atoms with E-state index in [9.17, 15) is 21.6 Å². The van der Waals surface area contributed by atoms with Crippen LogP contribution in [0.1, 0.15) is 15.9 Å². The largest absolute Gasteiger partial charge is 0.314 e. The summed E-state index contributed by atoms with van der Waals surface area (Å²) in [6.45, 7) is 2.48. The van der Waals surface area contributed by atoms with Crippen molar-refractivity contribution in [3.05, 3.63) is 53.6 Å². The molecule has 0 unspecified atom stereocenters. The first kappa shape index (κ1) is 22.7. The van der Waals surface area contributed by atoms with E-state index in [4.69, 9.17) is 0 Å². The fourth-order valence-electron chi connectivity index (χ4n) is 4.04. The van der Waals surface area contributed by atoms with E-state index < -0.39 is 20.0 Å². The number of nitrogens with one attached hydrogen (secondary N) is 1. The van der Waals surface area contributed by atoms with Gasteiger partial charge in [-0.25, -0.2) is 16.8 Å². The lowest BCUT2D eigenvalue weighted by molar-refractivity contribution is 0.0990. The summed E-state index contributed by atoms with van der Waals surface area (Å²) < 4.78 is 52.6. The van der Waals surface area contributed by atoms with Crippen LogP contribution in [0.4, 0.5) is 11.4 Å². The molecular formula is C21H26N4O5S2. The number of anilines is 2. The number of hydrogen-bond donors (Lipinski definition) is 1. The summed E-state index contributed by atoms with van der Waals surface area (Å²) in [5.74, 6) is -0.326. The van der Waals surface area contributed by atoms with Crippen LogP contribution in [0.15, 0.2) is 47.4 Å². The topological polar surface area (TPSA) is 107 Å². The summed E-state index contributed by atoms with van der Waals surface area (Å²) in [5.41, 5.74) is 1.99. The molecule has 0 spiro atoms. The molecule has 4 rings (SSSR count). The Morgan fingerprint density at radius 1 is 1.00 bits per heavy atom. The van der Waals surface area contributed by atoms with Gasteiger partial charge in [0.1, 0.15) is 0 Å². The highest BCUT2D eigenvalue weighted by atomic mass is 32.2. The molecule has 1 fully saturated rings. The zero-order chi connectivity index (χ0) is 23.1. The first-order valence-corrected chi connectivity index (χ1v) is 13.6. The van der Waals surface area contributed by atoms with Gasteiger partial charge in [0.15, 0.2) is 0 Å². The Bertz CT molecular complexity index is 1250. The lowest BCUT2D eigenvalue weighted by atomic mass is 10.1. The molecule has 2 aliphatic rings. The SMILES string of the molecule is CN(c1ccccc1C(=O)N1CCc2cc(S(=O)(=O)N3CCNCC3)ccc21)S(C)(=O)=O. The number of carbonyl (C=O) groups is 1. The number of sulfonamides is 2. The van der Waals surface area contributed by atoms with E-state index in [-0.39, 0.29) is 16.4 Å². The summed E-state index contributed by atoms with van der Waals surface area (Å²) in [6.07, 6.45) is 1.61. The third kappa shape index (κ3) is 4.13. The van der Waals surface area contributed by atoms with Gasteiger partial charge in [-0.2, -0.15) is 4.31 Å². The fourth-order valence-corrected chi connectivity index (χ4v) is 6.05. The molecule has 11 heteroatoms. The minimum absolute atomic E-state index is 0.227. The molecule has 0 aliphatic carbocycles. The molecule has 1 amide bonds. The van der Waals surface area contributed by atoms with Crippen molar-refractivity contribution in [3.8, 4) is 0 Å². The van der Waals surface area contributed by atoms with Crippen LogP contribution in [0.3, 0.4) is 0 Å². The predicted molar refractivity (Wildman–Crippen MR) is 123 cm³/mol. The maximum Gasteiger partial charge on any atom is 0.260 e. The van der Waals surface area contributed by atoms with Gasteiger partial charge in [-0.05, 0) is 42.3 Å².